The third kappa shape index (κ3) is 8.33. The third-order valence-electron chi connectivity index (χ3n) is 5.44. The SMILES string of the molecule is CCCCCCCCCCCCCC1=NNC(C=S)N1c1ccc(OCC)cc1. The minimum atomic E-state index is -0.0503. The highest BCUT2D eigenvalue weighted by Gasteiger charge is 2.26. The van der Waals surface area contributed by atoms with Crippen LogP contribution in [-0.2, 0) is 0 Å². The molecular formula is C24H39N3OS. The van der Waals surface area contributed by atoms with Gasteiger partial charge in [-0.15, -0.1) is 0 Å². The van der Waals surface area contributed by atoms with Gasteiger partial charge in [-0.25, -0.2) is 0 Å². The molecule has 0 bridgehead atoms. The van der Waals surface area contributed by atoms with Gasteiger partial charge in [-0.05, 0) is 37.6 Å². The molecule has 1 unspecified atom stereocenters. The summed E-state index contributed by atoms with van der Waals surface area (Å²) in [6.45, 7) is 4.96. The van der Waals surface area contributed by atoms with Crippen LogP contribution < -0.4 is 15.1 Å². The van der Waals surface area contributed by atoms with Gasteiger partial charge >= 0.3 is 0 Å². The average Bonchev–Trinajstić information content (AvgIpc) is 3.16. The topological polar surface area (TPSA) is 36.9 Å². The number of nitrogens with one attached hydrogen (secondary N) is 1. The zero-order chi connectivity index (χ0) is 20.7. The lowest BCUT2D eigenvalue weighted by molar-refractivity contribution is 0.340. The van der Waals surface area contributed by atoms with Gasteiger partial charge in [0.25, 0.3) is 0 Å². The van der Waals surface area contributed by atoms with Crippen LogP contribution in [-0.4, -0.2) is 24.0 Å². The highest BCUT2D eigenvalue weighted by Crippen LogP contribution is 2.25. The molecule has 1 aliphatic heterocycles. The molecule has 1 aromatic rings. The fourth-order valence-electron chi connectivity index (χ4n) is 3.81. The van der Waals surface area contributed by atoms with E-state index in [0.29, 0.717) is 6.61 Å². The molecule has 0 fully saturated rings. The van der Waals surface area contributed by atoms with Crippen molar-refractivity contribution in [3.63, 3.8) is 0 Å². The molecule has 4 nitrogen and oxygen atoms in total. The number of unbranched alkanes of at least 4 members (excludes halogenated alkanes) is 10. The molecule has 162 valence electrons. The number of amidine groups is 1. The van der Waals surface area contributed by atoms with Crippen molar-refractivity contribution in [1.29, 1.82) is 0 Å². The van der Waals surface area contributed by atoms with Crippen molar-refractivity contribution in [2.45, 2.75) is 97.1 Å². The second-order valence-electron chi connectivity index (χ2n) is 7.82. The van der Waals surface area contributed by atoms with Crippen molar-refractivity contribution in [3.8, 4) is 5.75 Å². The Morgan fingerprint density at radius 3 is 2.07 bits per heavy atom. The standard InChI is InChI=1S/C24H39N3OS/c1-3-5-6-7-8-9-10-11-12-13-14-15-23-25-26-24(20-29)27(23)21-16-18-22(19-17-21)28-4-2/h16-20,24,26H,3-15H2,1-2H3. The molecule has 2 rings (SSSR count). The number of anilines is 1. The number of benzene rings is 1. The van der Waals surface area contributed by atoms with Crippen LogP contribution in [0.1, 0.15) is 90.9 Å². The van der Waals surface area contributed by atoms with Crippen LogP contribution in [0, 0.1) is 0 Å². The Bertz CT molecular complexity index is 603. The van der Waals surface area contributed by atoms with Crippen LogP contribution >= 0.6 is 12.2 Å². The van der Waals surface area contributed by atoms with Gasteiger partial charge in [-0.3, -0.25) is 5.43 Å². The summed E-state index contributed by atoms with van der Waals surface area (Å²) in [7, 11) is 0. The Morgan fingerprint density at radius 1 is 0.931 bits per heavy atom. The number of hydrazone groups is 1. The lowest BCUT2D eigenvalue weighted by Crippen LogP contribution is -2.41. The van der Waals surface area contributed by atoms with E-state index in [9.17, 15) is 0 Å². The molecule has 5 heteroatoms. The highest BCUT2D eigenvalue weighted by atomic mass is 32.1. The van der Waals surface area contributed by atoms with E-state index >= 15 is 0 Å². The summed E-state index contributed by atoms with van der Waals surface area (Å²) in [5.41, 5.74) is 4.26. The van der Waals surface area contributed by atoms with E-state index in [2.05, 4.69) is 34.5 Å². The maximum absolute atomic E-state index is 5.55. The van der Waals surface area contributed by atoms with Gasteiger partial charge in [0.15, 0.2) is 0 Å². The molecule has 1 aliphatic rings. The minimum Gasteiger partial charge on any atom is -0.494 e. The molecule has 0 saturated heterocycles. The molecular weight excluding hydrogens is 378 g/mol. The summed E-state index contributed by atoms with van der Waals surface area (Å²) < 4.78 is 5.55. The van der Waals surface area contributed by atoms with Gasteiger partial charge in [0.05, 0.1) is 6.61 Å². The van der Waals surface area contributed by atoms with Crippen molar-refractivity contribution >= 4 is 29.1 Å². The summed E-state index contributed by atoms with van der Waals surface area (Å²) in [5, 5.41) is 6.29. The molecule has 0 spiro atoms. The molecule has 0 saturated carbocycles. The van der Waals surface area contributed by atoms with Gasteiger partial charge in [0.2, 0.25) is 0 Å². The Balaban J connectivity index is 1.67. The predicted molar refractivity (Wildman–Crippen MR) is 129 cm³/mol. The summed E-state index contributed by atoms with van der Waals surface area (Å²) in [6, 6.07) is 8.19. The maximum Gasteiger partial charge on any atom is 0.150 e. The van der Waals surface area contributed by atoms with E-state index in [1.165, 1.54) is 70.6 Å². The molecule has 1 aromatic carbocycles. The molecule has 1 atom stereocenters. The minimum absolute atomic E-state index is 0.0503. The van der Waals surface area contributed by atoms with E-state index < -0.39 is 0 Å². The fourth-order valence-corrected chi connectivity index (χ4v) is 3.99. The normalized spacial score (nSPS) is 15.9. The van der Waals surface area contributed by atoms with Crippen molar-refractivity contribution in [2.75, 3.05) is 11.5 Å². The first-order chi connectivity index (χ1) is 14.3. The zero-order valence-electron chi connectivity index (χ0n) is 18.4. The first-order valence-corrected chi connectivity index (χ1v) is 12.1. The lowest BCUT2D eigenvalue weighted by atomic mass is 10.0. The van der Waals surface area contributed by atoms with Crippen LogP contribution in [0.3, 0.4) is 0 Å². The van der Waals surface area contributed by atoms with Crippen molar-refractivity contribution < 1.29 is 4.74 Å². The van der Waals surface area contributed by atoms with Crippen molar-refractivity contribution in [3.05, 3.63) is 24.3 Å². The molecule has 1 heterocycles. The van der Waals surface area contributed by atoms with Gasteiger partial charge in [0, 0.05) is 17.5 Å². The van der Waals surface area contributed by atoms with E-state index in [-0.39, 0.29) is 6.17 Å². The van der Waals surface area contributed by atoms with Crippen LogP contribution in [0.25, 0.3) is 0 Å². The lowest BCUT2D eigenvalue weighted by Gasteiger charge is -2.25. The number of nitrogens with zero attached hydrogens (tertiary/aromatic N) is 2. The number of rotatable bonds is 16. The maximum atomic E-state index is 5.55. The average molecular weight is 418 g/mol. The van der Waals surface area contributed by atoms with Gasteiger partial charge < -0.3 is 9.64 Å². The third-order valence-corrected chi connectivity index (χ3v) is 5.70. The first kappa shape index (κ1) is 23.7. The summed E-state index contributed by atoms with van der Waals surface area (Å²) in [4.78, 5) is 2.21. The second-order valence-corrected chi connectivity index (χ2v) is 8.09. The Morgan fingerprint density at radius 2 is 1.52 bits per heavy atom. The molecule has 1 N–H and O–H groups in total. The summed E-state index contributed by atoms with van der Waals surface area (Å²) in [6.07, 6.45) is 15.9. The predicted octanol–water partition coefficient (Wildman–Crippen LogP) is 6.84. The molecule has 0 radical (unpaired) electrons. The smallest absolute Gasteiger partial charge is 0.150 e. The summed E-state index contributed by atoms with van der Waals surface area (Å²) in [5.74, 6) is 1.97. The molecule has 0 aromatic heterocycles. The monoisotopic (exact) mass is 417 g/mol. The number of hydrogen-bond donors (Lipinski definition) is 1. The molecule has 0 aliphatic carbocycles. The molecule has 0 amide bonds. The van der Waals surface area contributed by atoms with Gasteiger partial charge in [-0.2, -0.15) is 5.10 Å². The molecule has 29 heavy (non-hydrogen) atoms. The summed E-state index contributed by atoms with van der Waals surface area (Å²) >= 11 is 5.21. The van der Waals surface area contributed by atoms with E-state index in [0.717, 1.165) is 23.7 Å². The van der Waals surface area contributed by atoms with E-state index in [1.807, 2.05) is 19.1 Å². The van der Waals surface area contributed by atoms with E-state index in [4.69, 9.17) is 17.0 Å². The number of thiocarbonyl (C=S) groups is 1. The quantitative estimate of drug-likeness (QED) is 0.236. The van der Waals surface area contributed by atoms with Crippen molar-refractivity contribution in [2.24, 2.45) is 5.10 Å². The van der Waals surface area contributed by atoms with E-state index in [1.54, 1.807) is 5.37 Å². The number of hydrogen-bond acceptors (Lipinski definition) is 5. The van der Waals surface area contributed by atoms with Crippen molar-refractivity contribution in [1.82, 2.24) is 5.43 Å². The second kappa shape index (κ2) is 14.4. The van der Waals surface area contributed by atoms with Gasteiger partial charge in [-0.1, -0.05) is 83.3 Å². The fraction of sp³-hybridized carbons (Fsp3) is 0.667. The highest BCUT2D eigenvalue weighted by molar-refractivity contribution is 7.79. The van der Waals surface area contributed by atoms with Crippen LogP contribution in [0.5, 0.6) is 5.75 Å². The van der Waals surface area contributed by atoms with Crippen LogP contribution in [0.2, 0.25) is 0 Å². The Hall–Kier alpha value is -1.62. The zero-order valence-corrected chi connectivity index (χ0v) is 19.2. The largest absolute Gasteiger partial charge is 0.494 e. The van der Waals surface area contributed by atoms with Crippen LogP contribution in [0.4, 0.5) is 5.69 Å². The Labute approximate surface area is 183 Å². The number of ether oxygens (including phenoxy) is 1. The Kier molecular flexibility index (Phi) is 11.7. The van der Waals surface area contributed by atoms with Gasteiger partial charge in [0.1, 0.15) is 17.8 Å². The van der Waals surface area contributed by atoms with Crippen LogP contribution in [0.15, 0.2) is 29.4 Å². The first-order valence-electron chi connectivity index (χ1n) is 11.6.